The summed E-state index contributed by atoms with van der Waals surface area (Å²) < 4.78 is 5.58. The van der Waals surface area contributed by atoms with Crippen LogP contribution in [0.15, 0.2) is 12.2 Å². The van der Waals surface area contributed by atoms with Crippen LogP contribution in [-0.2, 0) is 9.53 Å². The maximum atomic E-state index is 11.7. The Morgan fingerprint density at radius 2 is 1.67 bits per heavy atom. The van der Waals surface area contributed by atoms with Crippen molar-refractivity contribution in [3.63, 3.8) is 0 Å². The van der Waals surface area contributed by atoms with E-state index in [4.69, 9.17) is 4.74 Å². The number of ether oxygens (including phenoxy) is 1. The van der Waals surface area contributed by atoms with E-state index >= 15 is 0 Å². The van der Waals surface area contributed by atoms with E-state index < -0.39 is 5.60 Å². The fourth-order valence-corrected chi connectivity index (χ4v) is 1.75. The molecule has 2 heteroatoms. The summed E-state index contributed by atoms with van der Waals surface area (Å²) in [7, 11) is 0. The van der Waals surface area contributed by atoms with Gasteiger partial charge in [0.05, 0.1) is 0 Å². The first-order chi connectivity index (χ1) is 8.14. The predicted octanol–water partition coefficient (Wildman–Crippen LogP) is 4.88. The Hall–Kier alpha value is -0.790. The minimum atomic E-state index is -0.463. The Morgan fingerprint density at radius 3 is 2.11 bits per heavy atom. The minimum Gasteiger partial charge on any atom is -0.456 e. The molecule has 0 spiro atoms. The van der Waals surface area contributed by atoms with E-state index in [1.165, 1.54) is 25.7 Å². The highest BCUT2D eigenvalue weighted by Crippen LogP contribution is 2.38. The van der Waals surface area contributed by atoms with Gasteiger partial charge in [0.2, 0.25) is 0 Å². The van der Waals surface area contributed by atoms with Gasteiger partial charge >= 0.3 is 5.97 Å². The fraction of sp³-hybridized carbons (Fsp3) is 0.812. The van der Waals surface area contributed by atoms with Gasteiger partial charge in [-0.05, 0) is 27.2 Å². The van der Waals surface area contributed by atoms with E-state index in [2.05, 4.69) is 27.4 Å². The van der Waals surface area contributed by atoms with Crippen LogP contribution in [0.4, 0.5) is 0 Å². The summed E-state index contributed by atoms with van der Waals surface area (Å²) in [4.78, 5) is 11.7. The molecule has 0 radical (unpaired) electrons. The zero-order valence-corrected chi connectivity index (χ0v) is 13.1. The zero-order chi connectivity index (χ0) is 14.4. The van der Waals surface area contributed by atoms with Crippen LogP contribution in [0.5, 0.6) is 0 Å². The Labute approximate surface area is 113 Å². The summed E-state index contributed by atoms with van der Waals surface area (Å²) in [6.45, 7) is 15.9. The molecular weight excluding hydrogens is 224 g/mol. The first kappa shape index (κ1) is 17.2. The topological polar surface area (TPSA) is 26.3 Å². The highest BCUT2D eigenvalue weighted by Gasteiger charge is 2.39. The standard InChI is InChI=1S/C16H30O2/c1-8-9-10-11-12-15(4,5)16(6,7)18-14(17)13(2)3/h2,8-12H2,1,3-7H3. The highest BCUT2D eigenvalue weighted by atomic mass is 16.6. The Balaban J connectivity index is 4.45. The molecule has 0 amide bonds. The summed E-state index contributed by atoms with van der Waals surface area (Å²) in [6, 6.07) is 0. The smallest absolute Gasteiger partial charge is 0.333 e. The average molecular weight is 254 g/mol. The number of rotatable bonds is 8. The lowest BCUT2D eigenvalue weighted by molar-refractivity contribution is -0.164. The third-order valence-electron chi connectivity index (χ3n) is 3.98. The first-order valence-electron chi connectivity index (χ1n) is 7.03. The number of carbonyl (C=O) groups is 1. The lowest BCUT2D eigenvalue weighted by atomic mass is 9.73. The molecule has 0 aromatic heterocycles. The molecule has 0 atom stereocenters. The molecule has 2 nitrogen and oxygen atoms in total. The fourth-order valence-electron chi connectivity index (χ4n) is 1.75. The van der Waals surface area contributed by atoms with Crippen LogP contribution in [0, 0.1) is 5.41 Å². The van der Waals surface area contributed by atoms with Crippen molar-refractivity contribution in [3.8, 4) is 0 Å². The van der Waals surface area contributed by atoms with E-state index in [9.17, 15) is 4.79 Å². The number of hydrogen-bond donors (Lipinski definition) is 0. The summed E-state index contributed by atoms with van der Waals surface area (Å²) in [5.41, 5.74) is -0.0222. The molecule has 0 rings (SSSR count). The molecule has 0 aliphatic rings. The third kappa shape index (κ3) is 5.24. The van der Waals surface area contributed by atoms with Gasteiger partial charge in [0.15, 0.2) is 0 Å². The van der Waals surface area contributed by atoms with Gasteiger partial charge in [-0.1, -0.05) is 53.0 Å². The third-order valence-corrected chi connectivity index (χ3v) is 3.98. The van der Waals surface area contributed by atoms with Crippen LogP contribution < -0.4 is 0 Å². The lowest BCUT2D eigenvalue weighted by Gasteiger charge is -2.41. The molecule has 0 aromatic rings. The first-order valence-corrected chi connectivity index (χ1v) is 7.03. The Bertz CT molecular complexity index is 287. The van der Waals surface area contributed by atoms with E-state index in [1.807, 2.05) is 13.8 Å². The van der Waals surface area contributed by atoms with Crippen molar-refractivity contribution in [2.75, 3.05) is 0 Å². The van der Waals surface area contributed by atoms with E-state index in [-0.39, 0.29) is 11.4 Å². The number of esters is 1. The summed E-state index contributed by atoms with van der Waals surface area (Å²) in [5.74, 6) is -0.290. The minimum absolute atomic E-state index is 0.0220. The van der Waals surface area contributed by atoms with Gasteiger partial charge in [-0.25, -0.2) is 4.79 Å². The van der Waals surface area contributed by atoms with Crippen LogP contribution in [0.1, 0.15) is 73.6 Å². The molecule has 0 saturated carbocycles. The van der Waals surface area contributed by atoms with Crippen molar-refractivity contribution in [2.45, 2.75) is 79.2 Å². The van der Waals surface area contributed by atoms with Crippen molar-refractivity contribution in [1.82, 2.24) is 0 Å². The largest absolute Gasteiger partial charge is 0.456 e. The Kier molecular flexibility index (Phi) is 6.66. The highest BCUT2D eigenvalue weighted by molar-refractivity contribution is 5.87. The second-order valence-corrected chi connectivity index (χ2v) is 6.37. The maximum absolute atomic E-state index is 11.7. The molecule has 0 unspecified atom stereocenters. The van der Waals surface area contributed by atoms with Crippen molar-refractivity contribution in [2.24, 2.45) is 5.41 Å². The summed E-state index contributed by atoms with van der Waals surface area (Å²) in [5, 5.41) is 0. The van der Waals surface area contributed by atoms with Crippen molar-refractivity contribution >= 4 is 5.97 Å². The van der Waals surface area contributed by atoms with Gasteiger partial charge in [0.1, 0.15) is 5.60 Å². The predicted molar refractivity (Wildman–Crippen MR) is 77.5 cm³/mol. The van der Waals surface area contributed by atoms with Crippen LogP contribution in [0.2, 0.25) is 0 Å². The van der Waals surface area contributed by atoms with Gasteiger partial charge in [-0.3, -0.25) is 0 Å². The van der Waals surface area contributed by atoms with Gasteiger partial charge in [0.25, 0.3) is 0 Å². The van der Waals surface area contributed by atoms with Crippen molar-refractivity contribution in [3.05, 3.63) is 12.2 Å². The van der Waals surface area contributed by atoms with Crippen LogP contribution in [0.3, 0.4) is 0 Å². The second-order valence-electron chi connectivity index (χ2n) is 6.37. The van der Waals surface area contributed by atoms with Gasteiger partial charge in [0, 0.05) is 11.0 Å². The quantitative estimate of drug-likeness (QED) is 0.350. The van der Waals surface area contributed by atoms with Crippen LogP contribution >= 0.6 is 0 Å². The molecule has 0 aromatic carbocycles. The number of carbonyl (C=O) groups excluding carboxylic acids is 1. The number of hydrogen-bond acceptors (Lipinski definition) is 2. The van der Waals surface area contributed by atoms with Gasteiger partial charge < -0.3 is 4.74 Å². The summed E-state index contributed by atoms with van der Waals surface area (Å²) >= 11 is 0. The summed E-state index contributed by atoms with van der Waals surface area (Å²) in [6.07, 6.45) is 6.04. The number of unbranched alkanes of at least 4 members (excludes halogenated alkanes) is 3. The zero-order valence-electron chi connectivity index (χ0n) is 13.1. The molecular formula is C16H30O2. The molecule has 0 bridgehead atoms. The van der Waals surface area contributed by atoms with E-state index in [0.717, 1.165) is 6.42 Å². The molecule has 106 valence electrons. The Morgan fingerprint density at radius 1 is 1.11 bits per heavy atom. The average Bonchev–Trinajstić information content (AvgIpc) is 2.23. The molecule has 0 fully saturated rings. The van der Waals surface area contributed by atoms with E-state index in [0.29, 0.717) is 5.57 Å². The SMILES string of the molecule is C=C(C)C(=O)OC(C)(C)C(C)(C)CCCCCC. The van der Waals surface area contributed by atoms with Crippen LogP contribution in [-0.4, -0.2) is 11.6 Å². The van der Waals surface area contributed by atoms with E-state index in [1.54, 1.807) is 6.92 Å². The van der Waals surface area contributed by atoms with Crippen molar-refractivity contribution < 1.29 is 9.53 Å². The van der Waals surface area contributed by atoms with Gasteiger partial charge in [-0.15, -0.1) is 0 Å². The lowest BCUT2D eigenvalue weighted by Crippen LogP contribution is -2.43. The molecule has 0 heterocycles. The molecule has 0 aliphatic carbocycles. The molecule has 0 aliphatic heterocycles. The maximum Gasteiger partial charge on any atom is 0.333 e. The molecule has 18 heavy (non-hydrogen) atoms. The molecule has 0 N–H and O–H groups in total. The monoisotopic (exact) mass is 254 g/mol. The van der Waals surface area contributed by atoms with Crippen LogP contribution in [0.25, 0.3) is 0 Å². The molecule has 0 saturated heterocycles. The van der Waals surface area contributed by atoms with Crippen molar-refractivity contribution in [1.29, 1.82) is 0 Å². The van der Waals surface area contributed by atoms with Gasteiger partial charge in [-0.2, -0.15) is 0 Å². The normalized spacial score (nSPS) is 12.3. The second kappa shape index (κ2) is 6.96.